The van der Waals surface area contributed by atoms with Gasteiger partial charge in [0, 0.05) is 12.7 Å². The molecular formula is C35H58O7Si2. The Morgan fingerprint density at radius 3 is 1.64 bits per heavy atom. The molecule has 0 aliphatic rings. The molecule has 2 aromatic carbocycles. The van der Waals surface area contributed by atoms with Crippen LogP contribution in [0.1, 0.15) is 94.2 Å². The highest BCUT2D eigenvalue weighted by Crippen LogP contribution is 2.48. The van der Waals surface area contributed by atoms with Gasteiger partial charge >= 0.3 is 5.97 Å². The monoisotopic (exact) mass is 646 g/mol. The molecule has 0 spiro atoms. The Kier molecular flexibility index (Phi) is 13.9. The van der Waals surface area contributed by atoms with Crippen molar-refractivity contribution >= 4 is 22.6 Å². The summed E-state index contributed by atoms with van der Waals surface area (Å²) in [4.78, 5) is 11.6. The molecule has 0 heterocycles. The number of para-hydroxylation sites is 1. The molecule has 2 aromatic rings. The number of aliphatic carboxylic acids is 1. The van der Waals surface area contributed by atoms with E-state index < -0.39 is 22.6 Å². The second kappa shape index (κ2) is 16.2. The van der Waals surface area contributed by atoms with Crippen LogP contribution in [0.2, 0.25) is 33.2 Å². The first-order chi connectivity index (χ1) is 20.5. The molecule has 0 saturated carbocycles. The molecule has 0 radical (unpaired) electrons. The zero-order valence-electron chi connectivity index (χ0n) is 29.4. The summed E-state index contributed by atoms with van der Waals surface area (Å²) in [6.07, 6.45) is -0.182. The lowest BCUT2D eigenvalue weighted by molar-refractivity contribution is -0.136. The van der Waals surface area contributed by atoms with E-state index in [-0.39, 0.29) is 19.8 Å². The summed E-state index contributed by atoms with van der Waals surface area (Å²) in [5, 5.41) is 9.52. The summed E-state index contributed by atoms with van der Waals surface area (Å²) in [6.45, 7) is 27.7. The number of carboxylic acids is 1. The highest BCUT2D eigenvalue weighted by atomic mass is 28.4. The van der Waals surface area contributed by atoms with Crippen LogP contribution in [0.25, 0.3) is 0 Å². The lowest BCUT2D eigenvalue weighted by Crippen LogP contribution is -2.52. The second-order valence-electron chi connectivity index (χ2n) is 13.8. The molecule has 0 unspecified atom stereocenters. The third-order valence-electron chi connectivity index (χ3n) is 9.11. The summed E-state index contributed by atoms with van der Waals surface area (Å²) in [5.74, 6) is 1.49. The first kappa shape index (κ1) is 37.7. The van der Waals surface area contributed by atoms with E-state index in [1.807, 2.05) is 6.07 Å². The highest BCUT2D eigenvalue weighted by Gasteiger charge is 2.50. The van der Waals surface area contributed by atoms with Gasteiger partial charge in [0.1, 0.15) is 18.1 Å². The molecule has 0 aliphatic heterocycles. The van der Waals surface area contributed by atoms with Crippen LogP contribution < -0.4 is 18.3 Å². The Morgan fingerprint density at radius 2 is 1.18 bits per heavy atom. The Morgan fingerprint density at radius 1 is 0.682 bits per heavy atom. The van der Waals surface area contributed by atoms with Crippen LogP contribution in [0.3, 0.4) is 0 Å². The minimum atomic E-state index is -2.32. The predicted octanol–water partition coefficient (Wildman–Crippen LogP) is 9.98. The molecule has 2 rings (SSSR count). The van der Waals surface area contributed by atoms with E-state index >= 15 is 0 Å². The van der Waals surface area contributed by atoms with E-state index in [1.165, 1.54) is 7.11 Å². The van der Waals surface area contributed by atoms with Crippen LogP contribution in [0.4, 0.5) is 0 Å². The van der Waals surface area contributed by atoms with Gasteiger partial charge in [0.15, 0.2) is 18.3 Å². The number of ether oxygens (including phenoxy) is 3. The van der Waals surface area contributed by atoms with Crippen LogP contribution in [0.5, 0.6) is 23.0 Å². The maximum absolute atomic E-state index is 11.6. The number of carbonyl (C=O) groups is 1. The van der Waals surface area contributed by atoms with E-state index in [9.17, 15) is 9.90 Å². The second-order valence-corrected chi connectivity index (χ2v) is 24.5. The van der Waals surface area contributed by atoms with E-state index in [4.69, 9.17) is 23.1 Å². The third kappa shape index (κ3) is 8.40. The molecule has 44 heavy (non-hydrogen) atoms. The van der Waals surface area contributed by atoms with Crippen LogP contribution in [0, 0.1) is 0 Å². The number of hydrogen-bond donors (Lipinski definition) is 1. The third-order valence-corrected chi connectivity index (χ3v) is 21.1. The van der Waals surface area contributed by atoms with Crippen molar-refractivity contribution in [2.75, 3.05) is 13.9 Å². The minimum Gasteiger partial charge on any atom is -0.540 e. The van der Waals surface area contributed by atoms with Crippen LogP contribution in [0.15, 0.2) is 36.4 Å². The molecule has 0 aromatic heterocycles. The summed E-state index contributed by atoms with van der Waals surface area (Å²) in [6, 6.07) is 11.4. The van der Waals surface area contributed by atoms with Crippen molar-refractivity contribution in [3.63, 3.8) is 0 Å². The van der Waals surface area contributed by atoms with Crippen molar-refractivity contribution in [2.24, 2.45) is 0 Å². The Bertz CT molecular complexity index is 1160. The van der Waals surface area contributed by atoms with Crippen molar-refractivity contribution in [1.29, 1.82) is 0 Å². The molecule has 1 N–H and O–H groups in total. The van der Waals surface area contributed by atoms with E-state index in [0.29, 0.717) is 50.3 Å². The maximum Gasteiger partial charge on any atom is 0.307 e. The zero-order valence-corrected chi connectivity index (χ0v) is 31.4. The fourth-order valence-electron chi connectivity index (χ4n) is 7.31. The Labute approximate surface area is 268 Å². The molecule has 0 bridgehead atoms. The number of hydrogen-bond acceptors (Lipinski definition) is 6. The normalized spacial score (nSPS) is 12.6. The quantitative estimate of drug-likeness (QED) is 0.127. The molecule has 7 nitrogen and oxygen atoms in total. The van der Waals surface area contributed by atoms with Crippen molar-refractivity contribution in [3.05, 3.63) is 47.5 Å². The fourth-order valence-corrected chi connectivity index (χ4v) is 17.8. The lowest BCUT2D eigenvalue weighted by atomic mass is 10.1. The zero-order chi connectivity index (χ0) is 33.4. The van der Waals surface area contributed by atoms with Crippen molar-refractivity contribution < 1.29 is 33.0 Å². The lowest BCUT2D eigenvalue weighted by Gasteiger charge is -2.45. The van der Waals surface area contributed by atoms with Gasteiger partial charge in [-0.25, -0.2) is 0 Å². The molecule has 248 valence electrons. The fraction of sp³-hybridized carbons (Fsp3) is 0.629. The van der Waals surface area contributed by atoms with Gasteiger partial charge in [-0.3, -0.25) is 4.79 Å². The van der Waals surface area contributed by atoms with E-state index in [0.717, 1.165) is 17.1 Å². The van der Waals surface area contributed by atoms with Crippen molar-refractivity contribution in [2.45, 2.75) is 129 Å². The van der Waals surface area contributed by atoms with E-state index in [2.05, 4.69) is 95.2 Å². The summed E-state index contributed by atoms with van der Waals surface area (Å²) >= 11 is 0. The molecule has 0 saturated heterocycles. The van der Waals surface area contributed by atoms with Crippen LogP contribution >= 0.6 is 0 Å². The van der Waals surface area contributed by atoms with Crippen molar-refractivity contribution in [3.8, 4) is 23.0 Å². The first-order valence-electron chi connectivity index (χ1n) is 16.1. The summed E-state index contributed by atoms with van der Waals surface area (Å²) in [7, 11) is -3.05. The molecule has 0 aliphatic carbocycles. The largest absolute Gasteiger partial charge is 0.540 e. The summed E-state index contributed by atoms with van der Waals surface area (Å²) in [5.41, 5.74) is 3.85. The molecular weight excluding hydrogens is 589 g/mol. The van der Waals surface area contributed by atoms with Gasteiger partial charge in [-0.05, 0) is 57.0 Å². The van der Waals surface area contributed by atoms with Crippen LogP contribution in [-0.2, 0) is 22.6 Å². The minimum absolute atomic E-state index is 0.0242. The first-order valence-corrected chi connectivity index (χ1v) is 20.4. The number of benzene rings is 2. The number of methoxy groups -OCH3 is 1. The summed E-state index contributed by atoms with van der Waals surface area (Å²) < 4.78 is 31.7. The average molecular weight is 647 g/mol. The van der Waals surface area contributed by atoms with Crippen molar-refractivity contribution in [1.82, 2.24) is 0 Å². The van der Waals surface area contributed by atoms with Gasteiger partial charge in [0.25, 0.3) is 16.6 Å². The van der Waals surface area contributed by atoms with Gasteiger partial charge in [0.2, 0.25) is 0 Å². The molecule has 0 atom stereocenters. The van der Waals surface area contributed by atoms with Gasteiger partial charge in [-0.1, -0.05) is 101 Å². The maximum atomic E-state index is 11.6. The smallest absolute Gasteiger partial charge is 0.307 e. The molecule has 0 fully saturated rings. The van der Waals surface area contributed by atoms with E-state index in [1.54, 1.807) is 18.2 Å². The standard InChI is InChI=1S/C35H58O7Si2/c1-23(2)43(24(3)4,25(5)6)41-31-18-17-29(19-33(31)42-44(26(7)8,27(9)10)28(11)12)21-39-35-30(20-34(36)37)15-14-16-32(35)40-22-38-13/h14-19,23-28H,20-22H2,1-13H3,(H,36,37). The Hall–Kier alpha value is -2.50. The van der Waals surface area contributed by atoms with Crippen LogP contribution in [-0.4, -0.2) is 41.6 Å². The molecule has 9 heteroatoms. The van der Waals surface area contributed by atoms with Gasteiger partial charge in [-0.15, -0.1) is 0 Å². The average Bonchev–Trinajstić information content (AvgIpc) is 2.91. The molecule has 0 amide bonds. The topological polar surface area (TPSA) is 83.5 Å². The predicted molar refractivity (Wildman–Crippen MR) is 184 cm³/mol. The number of carboxylic acid groups (broad SMARTS) is 1. The number of rotatable bonds is 18. The van der Waals surface area contributed by atoms with Gasteiger partial charge in [0.05, 0.1) is 6.42 Å². The highest BCUT2D eigenvalue weighted by molar-refractivity contribution is 6.79. The van der Waals surface area contributed by atoms with Gasteiger partial charge in [-0.2, -0.15) is 0 Å². The SMILES string of the molecule is COCOc1cccc(CC(=O)O)c1OCc1ccc(O[Si](C(C)C)(C(C)C)C(C)C)c(O[Si](C(C)C)(C(C)C)C(C)C)c1. The van der Waals surface area contributed by atoms with Gasteiger partial charge < -0.3 is 28.2 Å². The Balaban J connectivity index is 2.68.